The summed E-state index contributed by atoms with van der Waals surface area (Å²) in [6.45, 7) is 3.84. The fourth-order valence-corrected chi connectivity index (χ4v) is 1.51. The average molecular weight is 216 g/mol. The van der Waals surface area contributed by atoms with Gasteiger partial charge in [0.15, 0.2) is 6.10 Å². The van der Waals surface area contributed by atoms with E-state index in [9.17, 15) is 9.59 Å². The van der Waals surface area contributed by atoms with Crippen LogP contribution in [0.3, 0.4) is 0 Å². The summed E-state index contributed by atoms with van der Waals surface area (Å²) in [4.78, 5) is 22.1. The monoisotopic (exact) mass is 216 g/mol. The molecule has 1 saturated heterocycles. The molecule has 0 spiro atoms. The largest absolute Gasteiger partial charge is 0.464 e. The highest BCUT2D eigenvalue weighted by Gasteiger charge is 2.30. The lowest BCUT2D eigenvalue weighted by Crippen LogP contribution is -2.37. The zero-order valence-electron chi connectivity index (χ0n) is 9.02. The molecule has 15 heavy (non-hydrogen) atoms. The van der Waals surface area contributed by atoms with Gasteiger partial charge in [-0.15, -0.1) is 0 Å². The van der Waals surface area contributed by atoms with Crippen molar-refractivity contribution in [2.45, 2.75) is 38.9 Å². The molecule has 2 atom stereocenters. The van der Waals surface area contributed by atoms with Crippen LogP contribution in [-0.2, 0) is 23.8 Å². The molecule has 0 aromatic heterocycles. The number of hydrogen-bond donors (Lipinski definition) is 0. The highest BCUT2D eigenvalue weighted by atomic mass is 16.6. The highest BCUT2D eigenvalue weighted by molar-refractivity contribution is 5.75. The summed E-state index contributed by atoms with van der Waals surface area (Å²) in [5.41, 5.74) is 0. The molecule has 86 valence electrons. The first-order valence-electron chi connectivity index (χ1n) is 5.09. The quantitative estimate of drug-likeness (QED) is 0.648. The summed E-state index contributed by atoms with van der Waals surface area (Å²) in [5.74, 6) is -0.709. The Hall–Kier alpha value is -1.10. The number of carbonyl (C=O) groups excluding carboxylic acids is 2. The van der Waals surface area contributed by atoms with Crippen molar-refractivity contribution < 1.29 is 23.8 Å². The fraction of sp³-hybridized carbons (Fsp3) is 0.800. The van der Waals surface area contributed by atoms with E-state index in [1.165, 1.54) is 6.92 Å². The SMILES string of the molecule is CCOC(=O)C1CC(OC(C)=O)CCO1. The van der Waals surface area contributed by atoms with Gasteiger partial charge in [-0.25, -0.2) is 4.79 Å². The average Bonchev–Trinajstić information content (AvgIpc) is 2.17. The molecule has 5 nitrogen and oxygen atoms in total. The second-order valence-corrected chi connectivity index (χ2v) is 3.37. The van der Waals surface area contributed by atoms with E-state index >= 15 is 0 Å². The predicted molar refractivity (Wildman–Crippen MR) is 51.2 cm³/mol. The Morgan fingerprint density at radius 3 is 2.80 bits per heavy atom. The Morgan fingerprint density at radius 2 is 2.20 bits per heavy atom. The van der Waals surface area contributed by atoms with Gasteiger partial charge in [0.25, 0.3) is 0 Å². The summed E-state index contributed by atoms with van der Waals surface area (Å²) in [5, 5.41) is 0. The van der Waals surface area contributed by atoms with Gasteiger partial charge in [-0.3, -0.25) is 4.79 Å². The maximum Gasteiger partial charge on any atom is 0.335 e. The van der Waals surface area contributed by atoms with Crippen molar-refractivity contribution in [2.75, 3.05) is 13.2 Å². The first kappa shape index (κ1) is 12.0. The van der Waals surface area contributed by atoms with Crippen LogP contribution >= 0.6 is 0 Å². The number of hydrogen-bond acceptors (Lipinski definition) is 5. The summed E-state index contributed by atoms with van der Waals surface area (Å²) in [6, 6.07) is 0. The van der Waals surface area contributed by atoms with Crippen molar-refractivity contribution in [3.63, 3.8) is 0 Å². The van der Waals surface area contributed by atoms with Gasteiger partial charge < -0.3 is 14.2 Å². The third-order valence-corrected chi connectivity index (χ3v) is 2.12. The molecule has 0 saturated carbocycles. The van der Waals surface area contributed by atoms with Crippen molar-refractivity contribution in [3.05, 3.63) is 0 Å². The van der Waals surface area contributed by atoms with E-state index in [-0.39, 0.29) is 18.0 Å². The van der Waals surface area contributed by atoms with Crippen LogP contribution < -0.4 is 0 Å². The molecule has 1 fully saturated rings. The maximum atomic E-state index is 11.3. The number of carbonyl (C=O) groups is 2. The van der Waals surface area contributed by atoms with Gasteiger partial charge in [0, 0.05) is 19.8 Å². The van der Waals surface area contributed by atoms with Gasteiger partial charge in [-0.2, -0.15) is 0 Å². The number of esters is 2. The van der Waals surface area contributed by atoms with Crippen LogP contribution in [0.25, 0.3) is 0 Å². The first-order chi connectivity index (χ1) is 7.13. The van der Waals surface area contributed by atoms with E-state index in [4.69, 9.17) is 14.2 Å². The van der Waals surface area contributed by atoms with Gasteiger partial charge in [-0.05, 0) is 6.92 Å². The molecule has 2 unspecified atom stereocenters. The van der Waals surface area contributed by atoms with Gasteiger partial charge in [0.05, 0.1) is 13.2 Å². The van der Waals surface area contributed by atoms with Crippen LogP contribution in [0.2, 0.25) is 0 Å². The fourth-order valence-electron chi connectivity index (χ4n) is 1.51. The van der Waals surface area contributed by atoms with Gasteiger partial charge in [0.1, 0.15) is 6.10 Å². The van der Waals surface area contributed by atoms with Crippen LogP contribution in [-0.4, -0.2) is 37.4 Å². The standard InChI is InChI=1S/C10H16O5/c1-3-13-10(12)9-6-8(4-5-14-9)15-7(2)11/h8-9H,3-6H2,1-2H3. The number of rotatable bonds is 3. The molecule has 0 aromatic carbocycles. The molecule has 1 rings (SSSR count). The molecule has 5 heteroatoms. The van der Waals surface area contributed by atoms with Crippen molar-refractivity contribution in [3.8, 4) is 0 Å². The molecular formula is C10H16O5. The molecule has 0 aromatic rings. The Balaban J connectivity index is 2.41. The van der Waals surface area contributed by atoms with E-state index < -0.39 is 6.10 Å². The van der Waals surface area contributed by atoms with Crippen LogP contribution in [0, 0.1) is 0 Å². The summed E-state index contributed by atoms with van der Waals surface area (Å²) in [6.07, 6.45) is 0.196. The van der Waals surface area contributed by atoms with Crippen molar-refractivity contribution in [1.29, 1.82) is 0 Å². The Morgan fingerprint density at radius 1 is 1.47 bits per heavy atom. The molecule has 1 aliphatic heterocycles. The first-order valence-corrected chi connectivity index (χ1v) is 5.09. The zero-order chi connectivity index (χ0) is 11.3. The molecule has 1 heterocycles. The highest BCUT2D eigenvalue weighted by Crippen LogP contribution is 2.18. The zero-order valence-corrected chi connectivity index (χ0v) is 9.02. The molecule has 0 aliphatic carbocycles. The van der Waals surface area contributed by atoms with E-state index in [0.29, 0.717) is 26.1 Å². The van der Waals surface area contributed by atoms with Gasteiger partial charge >= 0.3 is 11.9 Å². The van der Waals surface area contributed by atoms with Crippen LogP contribution in [0.1, 0.15) is 26.7 Å². The summed E-state index contributed by atoms with van der Waals surface area (Å²) < 4.78 is 15.1. The predicted octanol–water partition coefficient (Wildman–Crippen LogP) is 0.660. The lowest BCUT2D eigenvalue weighted by atomic mass is 10.1. The number of ether oxygens (including phenoxy) is 3. The smallest absolute Gasteiger partial charge is 0.335 e. The lowest BCUT2D eigenvalue weighted by molar-refractivity contribution is -0.170. The summed E-state index contributed by atoms with van der Waals surface area (Å²) in [7, 11) is 0. The topological polar surface area (TPSA) is 61.8 Å². The second-order valence-electron chi connectivity index (χ2n) is 3.37. The van der Waals surface area contributed by atoms with Crippen LogP contribution in [0.4, 0.5) is 0 Å². The molecule has 0 amide bonds. The molecule has 0 radical (unpaired) electrons. The molecule has 0 N–H and O–H groups in total. The van der Waals surface area contributed by atoms with E-state index in [1.54, 1.807) is 6.92 Å². The van der Waals surface area contributed by atoms with Crippen LogP contribution in [0.5, 0.6) is 0 Å². The third kappa shape index (κ3) is 3.87. The normalized spacial score (nSPS) is 25.7. The van der Waals surface area contributed by atoms with E-state index in [0.717, 1.165) is 0 Å². The molecule has 1 aliphatic rings. The Bertz CT molecular complexity index is 238. The minimum absolute atomic E-state index is 0.231. The molecule has 0 bridgehead atoms. The van der Waals surface area contributed by atoms with Crippen molar-refractivity contribution >= 4 is 11.9 Å². The minimum atomic E-state index is -0.594. The molecular weight excluding hydrogens is 200 g/mol. The van der Waals surface area contributed by atoms with E-state index in [1.807, 2.05) is 0 Å². The minimum Gasteiger partial charge on any atom is -0.464 e. The third-order valence-electron chi connectivity index (χ3n) is 2.12. The van der Waals surface area contributed by atoms with E-state index in [2.05, 4.69) is 0 Å². The maximum absolute atomic E-state index is 11.3. The summed E-state index contributed by atoms with van der Waals surface area (Å²) >= 11 is 0. The lowest BCUT2D eigenvalue weighted by Gasteiger charge is -2.27. The van der Waals surface area contributed by atoms with Gasteiger partial charge in [0.2, 0.25) is 0 Å². The Kier molecular flexibility index (Phi) is 4.55. The van der Waals surface area contributed by atoms with Crippen LogP contribution in [0.15, 0.2) is 0 Å². The van der Waals surface area contributed by atoms with Gasteiger partial charge in [-0.1, -0.05) is 0 Å². The van der Waals surface area contributed by atoms with Crippen molar-refractivity contribution in [1.82, 2.24) is 0 Å². The van der Waals surface area contributed by atoms with Crippen molar-refractivity contribution in [2.24, 2.45) is 0 Å². The second kappa shape index (κ2) is 5.70. The Labute approximate surface area is 88.7 Å².